The third-order valence-corrected chi connectivity index (χ3v) is 5.59. The topological polar surface area (TPSA) is 96.2 Å². The summed E-state index contributed by atoms with van der Waals surface area (Å²) < 4.78 is 12.2. The zero-order chi connectivity index (χ0) is 17.9. The summed E-state index contributed by atoms with van der Waals surface area (Å²) in [5.74, 6) is 0.200. The van der Waals surface area contributed by atoms with E-state index in [0.717, 1.165) is 0 Å². The van der Waals surface area contributed by atoms with Gasteiger partial charge in [-0.1, -0.05) is 0 Å². The lowest BCUT2D eigenvalue weighted by molar-refractivity contribution is -0.156. The molecule has 1 aliphatic rings. The molecule has 9 heteroatoms. The monoisotopic (exact) mass is 364 g/mol. The van der Waals surface area contributed by atoms with Gasteiger partial charge in [0.15, 0.2) is 11.2 Å². The molecule has 2 aromatic heterocycles. The minimum atomic E-state index is -1.03. The molecule has 0 N–H and O–H groups in total. The van der Waals surface area contributed by atoms with Gasteiger partial charge in [0.25, 0.3) is 0 Å². The predicted molar refractivity (Wildman–Crippen MR) is 92.0 cm³/mol. The fraction of sp³-hybridized carbons (Fsp3) is 0.562. The maximum atomic E-state index is 13.0. The summed E-state index contributed by atoms with van der Waals surface area (Å²) in [6, 6.07) is 0. The predicted octanol–water partition coefficient (Wildman–Crippen LogP) is 1.40. The summed E-state index contributed by atoms with van der Waals surface area (Å²) in [7, 11) is 0. The van der Waals surface area contributed by atoms with E-state index in [2.05, 4.69) is 15.0 Å². The van der Waals surface area contributed by atoms with Crippen LogP contribution in [0.3, 0.4) is 0 Å². The molecule has 2 atom stereocenters. The smallest absolute Gasteiger partial charge is 0.333 e. The highest BCUT2D eigenvalue weighted by molar-refractivity contribution is 7.99. The maximum absolute atomic E-state index is 13.0. The fourth-order valence-electron chi connectivity index (χ4n) is 3.17. The molecule has 134 valence electrons. The standard InChI is InChI=1S/C16H20N4O4S/c1-3-23-13(21)5-11-7-25-8-16(11,15(22)24-4-2)20-10-19-12-6-17-9-18-14(12)20/h6,9-11H,3-5,7-8H2,1-2H3/t11-,16+/m1/s1. The third kappa shape index (κ3) is 3.08. The molecule has 3 heterocycles. The quantitative estimate of drug-likeness (QED) is 0.710. The van der Waals surface area contributed by atoms with E-state index >= 15 is 0 Å². The van der Waals surface area contributed by atoms with Gasteiger partial charge in [0, 0.05) is 11.7 Å². The Bertz CT molecular complexity index is 780. The van der Waals surface area contributed by atoms with Crippen LogP contribution in [0.25, 0.3) is 11.2 Å². The van der Waals surface area contributed by atoms with Gasteiger partial charge < -0.3 is 9.47 Å². The van der Waals surface area contributed by atoms with Crippen molar-refractivity contribution in [3.8, 4) is 0 Å². The van der Waals surface area contributed by atoms with Crippen LogP contribution in [0.15, 0.2) is 18.9 Å². The van der Waals surface area contributed by atoms with E-state index in [9.17, 15) is 9.59 Å². The largest absolute Gasteiger partial charge is 0.466 e. The summed E-state index contributed by atoms with van der Waals surface area (Å²) in [5.41, 5.74) is 0.119. The Labute approximate surface area is 149 Å². The fourth-order valence-corrected chi connectivity index (χ4v) is 4.77. The number of thioether (sulfide) groups is 1. The second-order valence-corrected chi connectivity index (χ2v) is 6.74. The van der Waals surface area contributed by atoms with Gasteiger partial charge in [-0.3, -0.25) is 9.36 Å². The van der Waals surface area contributed by atoms with Crippen molar-refractivity contribution in [1.82, 2.24) is 19.5 Å². The van der Waals surface area contributed by atoms with Gasteiger partial charge in [-0.05, 0) is 19.6 Å². The Balaban J connectivity index is 2.07. The van der Waals surface area contributed by atoms with Crippen LogP contribution in [0.1, 0.15) is 20.3 Å². The number of aromatic nitrogens is 4. The molecule has 1 saturated heterocycles. The normalized spacial score (nSPS) is 22.9. The molecule has 0 radical (unpaired) electrons. The van der Waals surface area contributed by atoms with E-state index in [-0.39, 0.29) is 30.9 Å². The Hall–Kier alpha value is -2.16. The molecule has 0 unspecified atom stereocenters. The highest BCUT2D eigenvalue weighted by Crippen LogP contribution is 2.44. The first-order valence-electron chi connectivity index (χ1n) is 8.17. The number of carbonyl (C=O) groups is 2. The van der Waals surface area contributed by atoms with E-state index in [0.29, 0.717) is 29.3 Å². The lowest BCUT2D eigenvalue weighted by Crippen LogP contribution is -2.49. The maximum Gasteiger partial charge on any atom is 0.333 e. The first-order chi connectivity index (χ1) is 12.1. The van der Waals surface area contributed by atoms with Gasteiger partial charge in [-0.2, -0.15) is 11.8 Å². The molecule has 0 amide bonds. The van der Waals surface area contributed by atoms with Crippen LogP contribution in [0.5, 0.6) is 0 Å². The number of hydrogen-bond acceptors (Lipinski definition) is 8. The van der Waals surface area contributed by atoms with Crippen molar-refractivity contribution in [2.45, 2.75) is 25.8 Å². The molecule has 0 aromatic carbocycles. The van der Waals surface area contributed by atoms with Crippen LogP contribution in [0.2, 0.25) is 0 Å². The van der Waals surface area contributed by atoms with E-state index in [4.69, 9.17) is 9.47 Å². The first kappa shape index (κ1) is 17.7. The minimum Gasteiger partial charge on any atom is -0.466 e. The van der Waals surface area contributed by atoms with Crippen molar-refractivity contribution < 1.29 is 19.1 Å². The second-order valence-electron chi connectivity index (χ2n) is 5.71. The van der Waals surface area contributed by atoms with Crippen LogP contribution in [-0.2, 0) is 24.6 Å². The molecular formula is C16H20N4O4S. The summed E-state index contributed by atoms with van der Waals surface area (Å²) >= 11 is 1.61. The van der Waals surface area contributed by atoms with Crippen molar-refractivity contribution >= 4 is 34.9 Å². The molecule has 0 aliphatic carbocycles. The number of rotatable bonds is 6. The molecule has 0 spiro atoms. The van der Waals surface area contributed by atoms with Crippen molar-refractivity contribution in [2.24, 2.45) is 5.92 Å². The Morgan fingerprint density at radius 1 is 1.32 bits per heavy atom. The Kier molecular flexibility index (Phi) is 5.22. The third-order valence-electron chi connectivity index (χ3n) is 4.31. The number of ether oxygens (including phenoxy) is 2. The van der Waals surface area contributed by atoms with Crippen LogP contribution in [0.4, 0.5) is 0 Å². The van der Waals surface area contributed by atoms with E-state index in [1.807, 2.05) is 0 Å². The number of nitrogens with zero attached hydrogens (tertiary/aromatic N) is 4. The van der Waals surface area contributed by atoms with Gasteiger partial charge >= 0.3 is 11.9 Å². The molecule has 0 bridgehead atoms. The molecule has 1 fully saturated rings. The van der Waals surface area contributed by atoms with E-state index in [1.54, 1.807) is 42.7 Å². The summed E-state index contributed by atoms with van der Waals surface area (Å²) in [4.78, 5) is 37.6. The number of carbonyl (C=O) groups excluding carboxylic acids is 2. The van der Waals surface area contributed by atoms with Gasteiger partial charge in [-0.15, -0.1) is 0 Å². The van der Waals surface area contributed by atoms with Crippen LogP contribution in [0, 0.1) is 5.92 Å². The van der Waals surface area contributed by atoms with Gasteiger partial charge in [-0.25, -0.2) is 19.7 Å². The molecule has 2 aromatic rings. The van der Waals surface area contributed by atoms with Crippen molar-refractivity contribution in [2.75, 3.05) is 24.7 Å². The highest BCUT2D eigenvalue weighted by Gasteiger charge is 2.54. The highest BCUT2D eigenvalue weighted by atomic mass is 32.2. The van der Waals surface area contributed by atoms with Gasteiger partial charge in [0.05, 0.1) is 32.2 Å². The first-order valence-corrected chi connectivity index (χ1v) is 9.33. The van der Waals surface area contributed by atoms with Crippen LogP contribution >= 0.6 is 11.8 Å². The lowest BCUT2D eigenvalue weighted by atomic mass is 9.84. The number of esters is 2. The zero-order valence-electron chi connectivity index (χ0n) is 14.2. The zero-order valence-corrected chi connectivity index (χ0v) is 15.0. The van der Waals surface area contributed by atoms with Crippen LogP contribution < -0.4 is 0 Å². The van der Waals surface area contributed by atoms with Crippen molar-refractivity contribution in [1.29, 1.82) is 0 Å². The molecule has 3 rings (SSSR count). The number of fused-ring (bicyclic) bond motifs is 1. The minimum absolute atomic E-state index is 0.143. The summed E-state index contributed by atoms with van der Waals surface area (Å²) in [6.07, 6.45) is 4.74. The number of imidazole rings is 1. The average Bonchev–Trinajstić information content (AvgIpc) is 3.20. The van der Waals surface area contributed by atoms with Crippen molar-refractivity contribution in [3.05, 3.63) is 18.9 Å². The SMILES string of the molecule is CCOC(=O)C[C@@H]1CSC[C@]1(C(=O)OCC)n1cnc2cncnc21. The molecular weight excluding hydrogens is 344 g/mol. The lowest BCUT2D eigenvalue weighted by Gasteiger charge is -2.33. The second kappa shape index (κ2) is 7.38. The number of hydrogen-bond donors (Lipinski definition) is 0. The Morgan fingerprint density at radius 2 is 2.12 bits per heavy atom. The van der Waals surface area contributed by atoms with Crippen molar-refractivity contribution in [3.63, 3.8) is 0 Å². The summed E-state index contributed by atoms with van der Waals surface area (Å²) in [6.45, 7) is 4.10. The van der Waals surface area contributed by atoms with Gasteiger partial charge in [0.2, 0.25) is 0 Å². The Morgan fingerprint density at radius 3 is 2.88 bits per heavy atom. The van der Waals surface area contributed by atoms with Crippen LogP contribution in [-0.4, -0.2) is 56.2 Å². The molecule has 8 nitrogen and oxygen atoms in total. The average molecular weight is 364 g/mol. The molecule has 0 saturated carbocycles. The molecule has 25 heavy (non-hydrogen) atoms. The van der Waals surface area contributed by atoms with E-state index < -0.39 is 5.54 Å². The van der Waals surface area contributed by atoms with E-state index in [1.165, 1.54) is 6.33 Å². The summed E-state index contributed by atoms with van der Waals surface area (Å²) in [5, 5.41) is 0. The molecule has 1 aliphatic heterocycles. The van der Waals surface area contributed by atoms with Gasteiger partial charge in [0.1, 0.15) is 11.8 Å².